The molecule has 0 aromatic carbocycles. The molecule has 0 spiro atoms. The van der Waals surface area contributed by atoms with Crippen LogP contribution in [0.3, 0.4) is 0 Å². The summed E-state index contributed by atoms with van der Waals surface area (Å²) < 4.78 is 2.15. The summed E-state index contributed by atoms with van der Waals surface area (Å²) in [6, 6.07) is 4.14. The number of nitrogens with one attached hydrogen (secondary N) is 1. The maximum atomic E-state index is 6.13. The molecule has 1 aliphatic rings. The van der Waals surface area contributed by atoms with Crippen LogP contribution in [0.25, 0.3) is 5.52 Å². The molecule has 0 aliphatic heterocycles. The van der Waals surface area contributed by atoms with E-state index in [1.165, 1.54) is 18.4 Å². The van der Waals surface area contributed by atoms with Crippen LogP contribution in [0.1, 0.15) is 30.1 Å². The van der Waals surface area contributed by atoms with Gasteiger partial charge >= 0.3 is 0 Å². The van der Waals surface area contributed by atoms with Crippen LogP contribution in [0.4, 0.5) is 0 Å². The van der Waals surface area contributed by atoms with Crippen molar-refractivity contribution in [3.05, 3.63) is 34.9 Å². The molecule has 1 saturated carbocycles. The summed E-state index contributed by atoms with van der Waals surface area (Å²) in [4.78, 5) is 4.46. The van der Waals surface area contributed by atoms with Crippen molar-refractivity contribution in [1.29, 1.82) is 0 Å². The maximum absolute atomic E-state index is 6.13. The molecule has 0 saturated heterocycles. The molecule has 0 radical (unpaired) electrons. The summed E-state index contributed by atoms with van der Waals surface area (Å²) in [7, 11) is 1.95. The van der Waals surface area contributed by atoms with Gasteiger partial charge in [0.15, 0.2) is 5.15 Å². The van der Waals surface area contributed by atoms with Gasteiger partial charge in [-0.05, 0) is 31.5 Å². The summed E-state index contributed by atoms with van der Waals surface area (Å²) in [6.07, 6.45) is 4.62. The first-order valence-electron chi connectivity index (χ1n) is 5.60. The Kier molecular flexibility index (Phi) is 2.37. The first kappa shape index (κ1) is 10.1. The molecule has 2 aromatic rings. The lowest BCUT2D eigenvalue weighted by Crippen LogP contribution is -2.06. The van der Waals surface area contributed by atoms with Crippen LogP contribution in [0, 0.1) is 0 Å². The van der Waals surface area contributed by atoms with E-state index in [4.69, 9.17) is 11.6 Å². The first-order chi connectivity index (χ1) is 7.79. The highest BCUT2D eigenvalue weighted by Crippen LogP contribution is 2.40. The molecule has 1 N–H and O–H groups in total. The maximum Gasteiger partial charge on any atom is 0.155 e. The third-order valence-electron chi connectivity index (χ3n) is 3.00. The van der Waals surface area contributed by atoms with Crippen molar-refractivity contribution >= 4 is 17.1 Å². The first-order valence-corrected chi connectivity index (χ1v) is 5.98. The Balaban J connectivity index is 2.15. The number of nitrogens with zero attached hydrogens (tertiary/aromatic N) is 2. The standard InChI is InChI=1S/C12H14ClN3/c1-14-6-8-2-5-10-11(13)15-12(9-3-4-9)16(10)7-8/h2,5,7,9,14H,3-4,6H2,1H3. The van der Waals surface area contributed by atoms with Crippen LogP contribution in [0.15, 0.2) is 18.3 Å². The summed E-state index contributed by atoms with van der Waals surface area (Å²) in [5, 5.41) is 3.78. The van der Waals surface area contributed by atoms with Crippen LogP contribution in [-0.4, -0.2) is 16.4 Å². The molecule has 1 fully saturated rings. The summed E-state index contributed by atoms with van der Waals surface area (Å²) in [5.41, 5.74) is 2.27. The molecular formula is C12H14ClN3. The second-order valence-electron chi connectivity index (χ2n) is 4.36. The molecule has 4 heteroatoms. The predicted octanol–water partition coefficient (Wildman–Crippen LogP) is 2.58. The summed E-state index contributed by atoms with van der Waals surface area (Å²) in [6.45, 7) is 0.871. The van der Waals surface area contributed by atoms with Gasteiger partial charge in [-0.3, -0.25) is 0 Å². The molecular weight excluding hydrogens is 222 g/mol. The van der Waals surface area contributed by atoms with Gasteiger partial charge in [0.1, 0.15) is 5.82 Å². The quantitative estimate of drug-likeness (QED) is 0.886. The largest absolute Gasteiger partial charge is 0.316 e. The minimum absolute atomic E-state index is 0.616. The van der Waals surface area contributed by atoms with Gasteiger partial charge in [0.05, 0.1) is 5.52 Å². The molecule has 0 amide bonds. The third kappa shape index (κ3) is 1.60. The predicted molar refractivity (Wildman–Crippen MR) is 64.9 cm³/mol. The average Bonchev–Trinajstić information content (AvgIpc) is 3.06. The Morgan fingerprint density at radius 3 is 3.00 bits per heavy atom. The second kappa shape index (κ2) is 3.75. The fraction of sp³-hybridized carbons (Fsp3) is 0.417. The van der Waals surface area contributed by atoms with Gasteiger partial charge in [-0.25, -0.2) is 4.98 Å². The van der Waals surface area contributed by atoms with E-state index in [1.54, 1.807) is 0 Å². The fourth-order valence-electron chi connectivity index (χ4n) is 2.05. The fourth-order valence-corrected chi connectivity index (χ4v) is 2.29. The van der Waals surface area contributed by atoms with Crippen LogP contribution < -0.4 is 5.32 Å². The van der Waals surface area contributed by atoms with Gasteiger partial charge in [-0.2, -0.15) is 0 Å². The summed E-state index contributed by atoms with van der Waals surface area (Å²) in [5.74, 6) is 1.74. The van der Waals surface area contributed by atoms with Crippen LogP contribution >= 0.6 is 11.6 Å². The van der Waals surface area contributed by atoms with Crippen molar-refractivity contribution in [3.63, 3.8) is 0 Å². The molecule has 2 heterocycles. The molecule has 1 aliphatic carbocycles. The van der Waals surface area contributed by atoms with E-state index < -0.39 is 0 Å². The molecule has 0 bridgehead atoms. The van der Waals surface area contributed by atoms with Gasteiger partial charge in [0.25, 0.3) is 0 Å². The molecule has 16 heavy (non-hydrogen) atoms. The topological polar surface area (TPSA) is 29.3 Å². The van der Waals surface area contributed by atoms with E-state index >= 15 is 0 Å². The lowest BCUT2D eigenvalue weighted by molar-refractivity contribution is 0.805. The molecule has 3 nitrogen and oxygen atoms in total. The average molecular weight is 236 g/mol. The number of fused-ring (bicyclic) bond motifs is 1. The Labute approximate surface area is 99.4 Å². The summed E-state index contributed by atoms with van der Waals surface area (Å²) >= 11 is 6.13. The van der Waals surface area contributed by atoms with Gasteiger partial charge in [0, 0.05) is 18.7 Å². The van der Waals surface area contributed by atoms with E-state index in [0.29, 0.717) is 11.1 Å². The number of aromatic nitrogens is 2. The zero-order valence-electron chi connectivity index (χ0n) is 9.20. The molecule has 0 atom stereocenters. The van der Waals surface area contributed by atoms with Gasteiger partial charge in [-0.15, -0.1) is 0 Å². The lowest BCUT2D eigenvalue weighted by atomic mass is 10.2. The number of imidazole rings is 1. The van der Waals surface area contributed by atoms with E-state index in [1.807, 2.05) is 13.1 Å². The molecule has 2 aromatic heterocycles. The zero-order chi connectivity index (χ0) is 11.1. The number of halogens is 1. The van der Waals surface area contributed by atoms with Crippen molar-refractivity contribution in [2.24, 2.45) is 0 Å². The van der Waals surface area contributed by atoms with E-state index in [-0.39, 0.29) is 0 Å². The van der Waals surface area contributed by atoms with E-state index in [9.17, 15) is 0 Å². The van der Waals surface area contributed by atoms with Crippen molar-refractivity contribution in [3.8, 4) is 0 Å². The second-order valence-corrected chi connectivity index (χ2v) is 4.72. The number of pyridine rings is 1. The molecule has 3 rings (SSSR count). The van der Waals surface area contributed by atoms with Crippen molar-refractivity contribution in [2.45, 2.75) is 25.3 Å². The third-order valence-corrected chi connectivity index (χ3v) is 3.28. The highest BCUT2D eigenvalue weighted by atomic mass is 35.5. The van der Waals surface area contributed by atoms with Crippen LogP contribution in [0.5, 0.6) is 0 Å². The monoisotopic (exact) mass is 235 g/mol. The van der Waals surface area contributed by atoms with Crippen molar-refractivity contribution in [1.82, 2.24) is 14.7 Å². The minimum Gasteiger partial charge on any atom is -0.316 e. The van der Waals surface area contributed by atoms with Crippen molar-refractivity contribution in [2.75, 3.05) is 7.05 Å². The zero-order valence-corrected chi connectivity index (χ0v) is 9.96. The van der Waals surface area contributed by atoms with Gasteiger partial charge < -0.3 is 9.72 Å². The number of hydrogen-bond acceptors (Lipinski definition) is 2. The van der Waals surface area contributed by atoms with Crippen LogP contribution in [0.2, 0.25) is 5.15 Å². The Hall–Kier alpha value is -1.06. The van der Waals surface area contributed by atoms with Crippen LogP contribution in [-0.2, 0) is 6.54 Å². The minimum atomic E-state index is 0.616. The smallest absolute Gasteiger partial charge is 0.155 e. The SMILES string of the molecule is CNCc1ccc2c(Cl)nc(C3CC3)n2c1. The Morgan fingerprint density at radius 2 is 2.31 bits per heavy atom. The van der Waals surface area contributed by atoms with Crippen molar-refractivity contribution < 1.29 is 0 Å². The molecule has 0 unspecified atom stereocenters. The van der Waals surface area contributed by atoms with E-state index in [0.717, 1.165) is 17.9 Å². The van der Waals surface area contributed by atoms with E-state index in [2.05, 4.69) is 27.0 Å². The van der Waals surface area contributed by atoms with Gasteiger partial charge in [-0.1, -0.05) is 17.7 Å². The lowest BCUT2D eigenvalue weighted by Gasteiger charge is -2.03. The number of hydrogen-bond donors (Lipinski definition) is 1. The Morgan fingerprint density at radius 1 is 1.50 bits per heavy atom. The highest BCUT2D eigenvalue weighted by Gasteiger charge is 2.28. The van der Waals surface area contributed by atoms with Gasteiger partial charge in [0.2, 0.25) is 0 Å². The molecule has 84 valence electrons. The normalized spacial score (nSPS) is 15.9. The highest BCUT2D eigenvalue weighted by molar-refractivity contribution is 6.32. The number of rotatable bonds is 3. The Bertz CT molecular complexity index is 528.